The van der Waals surface area contributed by atoms with Crippen LogP contribution in [0.2, 0.25) is 0 Å². The summed E-state index contributed by atoms with van der Waals surface area (Å²) in [6.45, 7) is 0. The first kappa shape index (κ1) is 16.0. The summed E-state index contributed by atoms with van der Waals surface area (Å²) in [5.41, 5.74) is 0.468. The van der Waals surface area contributed by atoms with Gasteiger partial charge in [0.1, 0.15) is 17.4 Å². The lowest BCUT2D eigenvalue weighted by Crippen LogP contribution is -2.29. The second-order valence-corrected chi connectivity index (χ2v) is 5.14. The average molecular weight is 350 g/mol. The number of imidazole rings is 1. The first-order valence-corrected chi connectivity index (χ1v) is 7.19. The van der Waals surface area contributed by atoms with E-state index >= 15 is 0 Å². The third-order valence-corrected chi connectivity index (χ3v) is 3.60. The molecule has 0 aliphatic heterocycles. The molecule has 24 heavy (non-hydrogen) atoms. The van der Waals surface area contributed by atoms with Gasteiger partial charge >= 0.3 is 0 Å². The molecule has 0 saturated carbocycles. The number of aromatic nitrogens is 5. The van der Waals surface area contributed by atoms with Crippen LogP contribution in [0.5, 0.6) is 0 Å². The van der Waals surface area contributed by atoms with E-state index in [1.165, 1.54) is 48.7 Å². The molecule has 3 aromatic rings. The number of methoxy groups -OCH3 is 1. The molecule has 124 valence electrons. The van der Waals surface area contributed by atoms with E-state index in [9.17, 15) is 8.78 Å². The Bertz CT molecular complexity index is 814. The second-order valence-electron chi connectivity index (χ2n) is 4.77. The van der Waals surface area contributed by atoms with Gasteiger partial charge in [-0.25, -0.2) is 13.8 Å². The molecule has 0 radical (unpaired) electrons. The number of rotatable bonds is 4. The van der Waals surface area contributed by atoms with Gasteiger partial charge in [-0.3, -0.25) is 5.10 Å². The van der Waals surface area contributed by atoms with Crippen molar-refractivity contribution < 1.29 is 13.5 Å². The third kappa shape index (κ3) is 3.08. The minimum Gasteiger partial charge on any atom is -0.474 e. The van der Waals surface area contributed by atoms with E-state index in [-0.39, 0.29) is 16.4 Å². The Morgan fingerprint density at radius 2 is 2.12 bits per heavy atom. The fourth-order valence-corrected chi connectivity index (χ4v) is 2.36. The predicted octanol–water partition coefficient (Wildman–Crippen LogP) is 1.88. The van der Waals surface area contributed by atoms with Crippen molar-refractivity contribution >= 4 is 17.4 Å². The zero-order valence-corrected chi connectivity index (χ0v) is 13.2. The van der Waals surface area contributed by atoms with Crippen molar-refractivity contribution in [2.45, 2.75) is 6.04 Å². The van der Waals surface area contributed by atoms with E-state index in [1.54, 1.807) is 0 Å². The molecule has 1 unspecified atom stereocenters. The molecule has 3 rings (SSSR count). The number of nitrogens with one attached hydrogen (secondary N) is 2. The highest BCUT2D eigenvalue weighted by Crippen LogP contribution is 2.26. The van der Waals surface area contributed by atoms with Crippen molar-refractivity contribution in [2.24, 2.45) is 0 Å². The molecule has 0 fully saturated rings. The highest BCUT2D eigenvalue weighted by Gasteiger charge is 2.22. The van der Waals surface area contributed by atoms with Crippen LogP contribution >= 0.6 is 12.2 Å². The number of nitrogens with zero attached hydrogens (tertiary/aromatic N) is 4. The minimum absolute atomic E-state index is 0.0579. The summed E-state index contributed by atoms with van der Waals surface area (Å²) in [6.07, 6.45) is 5.70. The van der Waals surface area contributed by atoms with Gasteiger partial charge in [-0.15, -0.1) is 5.10 Å². The smallest absolute Gasteiger partial charge is 0.257 e. The van der Waals surface area contributed by atoms with Crippen molar-refractivity contribution in [3.63, 3.8) is 0 Å². The molecule has 0 bridgehead atoms. The number of benzene rings is 1. The van der Waals surface area contributed by atoms with Gasteiger partial charge in [0, 0.05) is 18.6 Å². The quantitative estimate of drug-likeness (QED) is 0.700. The van der Waals surface area contributed by atoms with Gasteiger partial charge in [-0.1, -0.05) is 5.21 Å². The van der Waals surface area contributed by atoms with E-state index in [2.05, 4.69) is 25.7 Å². The Morgan fingerprint density at radius 3 is 2.67 bits per heavy atom. The first-order chi connectivity index (χ1) is 11.6. The van der Waals surface area contributed by atoms with Crippen molar-refractivity contribution in [3.8, 4) is 5.69 Å². The lowest BCUT2D eigenvalue weighted by molar-refractivity contribution is 0.386. The van der Waals surface area contributed by atoms with Crippen LogP contribution in [0.4, 0.5) is 8.78 Å². The molecule has 10 heteroatoms. The standard InChI is InChI=1S/C14H12F2N6OS/c1-23-14(24)19-12(11-6-18-21-20-11)8-4-9(15)13(10(16)5-8)22-3-2-17-7-22/h2-7,12H,1H3,(H,19,24)(H,18,20,21). The fourth-order valence-electron chi connectivity index (χ4n) is 2.25. The SMILES string of the molecule is COC(=S)NC(c1cc(F)c(-n2ccnc2)c(F)c1)c1c[nH]nn1. The van der Waals surface area contributed by atoms with E-state index in [4.69, 9.17) is 17.0 Å². The number of aromatic amines is 1. The normalized spacial score (nSPS) is 12.0. The van der Waals surface area contributed by atoms with Crippen LogP contribution in [0.15, 0.2) is 37.1 Å². The number of hydrogen-bond acceptors (Lipinski definition) is 5. The summed E-state index contributed by atoms with van der Waals surface area (Å²) >= 11 is 4.97. The summed E-state index contributed by atoms with van der Waals surface area (Å²) in [6, 6.07) is 1.67. The molecule has 7 nitrogen and oxygen atoms in total. The number of thiocarbonyl (C=S) groups is 1. The van der Waals surface area contributed by atoms with Gasteiger partial charge in [0.05, 0.1) is 13.4 Å². The van der Waals surface area contributed by atoms with Crippen LogP contribution in [0.3, 0.4) is 0 Å². The lowest BCUT2D eigenvalue weighted by Gasteiger charge is -2.19. The van der Waals surface area contributed by atoms with Crippen molar-refractivity contribution in [2.75, 3.05) is 7.11 Å². The monoisotopic (exact) mass is 350 g/mol. The largest absolute Gasteiger partial charge is 0.474 e. The highest BCUT2D eigenvalue weighted by atomic mass is 32.1. The molecule has 2 aromatic heterocycles. The van der Waals surface area contributed by atoms with Crippen LogP contribution in [-0.4, -0.2) is 37.2 Å². The summed E-state index contributed by atoms with van der Waals surface area (Å²) < 4.78 is 35.1. The van der Waals surface area contributed by atoms with Crippen LogP contribution in [0.1, 0.15) is 17.3 Å². The van der Waals surface area contributed by atoms with Crippen LogP contribution in [0.25, 0.3) is 5.69 Å². The number of halogens is 2. The van der Waals surface area contributed by atoms with Crippen molar-refractivity contribution in [1.29, 1.82) is 0 Å². The van der Waals surface area contributed by atoms with Crippen LogP contribution < -0.4 is 5.32 Å². The Kier molecular flexibility index (Phi) is 4.47. The van der Waals surface area contributed by atoms with Crippen molar-refractivity contribution in [1.82, 2.24) is 30.3 Å². The van der Waals surface area contributed by atoms with E-state index in [1.807, 2.05) is 0 Å². The molecule has 0 aliphatic carbocycles. The highest BCUT2D eigenvalue weighted by molar-refractivity contribution is 7.80. The predicted molar refractivity (Wildman–Crippen MR) is 84.4 cm³/mol. The van der Waals surface area contributed by atoms with Crippen LogP contribution in [-0.2, 0) is 4.74 Å². The van der Waals surface area contributed by atoms with Crippen molar-refractivity contribution in [3.05, 3.63) is 59.9 Å². The molecule has 1 aromatic carbocycles. The number of ether oxygens (including phenoxy) is 1. The molecule has 2 heterocycles. The fraction of sp³-hybridized carbons (Fsp3) is 0.143. The third-order valence-electron chi connectivity index (χ3n) is 3.31. The van der Waals surface area contributed by atoms with Gasteiger partial charge in [0.25, 0.3) is 5.17 Å². The Morgan fingerprint density at radius 1 is 1.38 bits per heavy atom. The maximum Gasteiger partial charge on any atom is 0.257 e. The number of H-pyrrole nitrogens is 1. The van der Waals surface area contributed by atoms with E-state index in [0.29, 0.717) is 5.69 Å². The topological polar surface area (TPSA) is 80.6 Å². The van der Waals surface area contributed by atoms with Gasteiger partial charge in [-0.05, 0) is 29.9 Å². The average Bonchev–Trinajstić information content (AvgIpc) is 3.25. The second kappa shape index (κ2) is 6.71. The molecule has 0 saturated heterocycles. The minimum atomic E-state index is -0.748. The number of hydrogen-bond donors (Lipinski definition) is 2. The zero-order valence-electron chi connectivity index (χ0n) is 12.4. The Balaban J connectivity index is 2.04. The maximum atomic E-state index is 14.5. The summed E-state index contributed by atoms with van der Waals surface area (Å²) in [7, 11) is 1.39. The molecule has 2 N–H and O–H groups in total. The summed E-state index contributed by atoms with van der Waals surface area (Å²) in [5, 5.41) is 12.9. The van der Waals surface area contributed by atoms with Gasteiger partial charge in [0.2, 0.25) is 0 Å². The summed E-state index contributed by atoms with van der Waals surface area (Å²) in [5.74, 6) is -1.50. The van der Waals surface area contributed by atoms with Gasteiger partial charge < -0.3 is 14.6 Å². The Labute approximate surface area is 140 Å². The van der Waals surface area contributed by atoms with Crippen LogP contribution in [0, 0.1) is 11.6 Å². The Hall–Kier alpha value is -2.88. The van der Waals surface area contributed by atoms with E-state index < -0.39 is 17.7 Å². The van der Waals surface area contributed by atoms with Gasteiger partial charge in [0.15, 0.2) is 11.6 Å². The maximum absolute atomic E-state index is 14.5. The molecule has 0 amide bonds. The van der Waals surface area contributed by atoms with E-state index in [0.717, 1.165) is 0 Å². The molecular formula is C14H12F2N6OS. The molecule has 1 atom stereocenters. The molecule has 0 spiro atoms. The molecular weight excluding hydrogens is 338 g/mol. The zero-order chi connectivity index (χ0) is 17.1. The lowest BCUT2D eigenvalue weighted by atomic mass is 10.0. The summed E-state index contributed by atoms with van der Waals surface area (Å²) in [4.78, 5) is 3.79. The first-order valence-electron chi connectivity index (χ1n) is 6.78. The molecule has 0 aliphatic rings. The van der Waals surface area contributed by atoms with Gasteiger partial charge in [-0.2, -0.15) is 0 Å².